The van der Waals surface area contributed by atoms with E-state index in [1.54, 1.807) is 24.9 Å². The van der Waals surface area contributed by atoms with Gasteiger partial charge < -0.3 is 4.90 Å². The van der Waals surface area contributed by atoms with Crippen LogP contribution < -0.4 is 0 Å². The van der Waals surface area contributed by atoms with Crippen LogP contribution in [0.4, 0.5) is 0 Å². The lowest BCUT2D eigenvalue weighted by Gasteiger charge is -2.13. The number of hydrogen-bond acceptors (Lipinski definition) is 6. The van der Waals surface area contributed by atoms with Gasteiger partial charge in [0.1, 0.15) is 11.4 Å². The fourth-order valence-electron chi connectivity index (χ4n) is 2.96. The van der Waals surface area contributed by atoms with Crippen LogP contribution in [0.5, 0.6) is 0 Å². The molecule has 0 radical (unpaired) electrons. The minimum atomic E-state index is -0.235. The summed E-state index contributed by atoms with van der Waals surface area (Å²) in [6, 6.07) is 14.3. The van der Waals surface area contributed by atoms with Crippen LogP contribution >= 0.6 is 0 Å². The van der Waals surface area contributed by atoms with Gasteiger partial charge in [0.15, 0.2) is 5.69 Å². The number of rotatable bonds is 5. The zero-order valence-corrected chi connectivity index (χ0v) is 15.0. The Hall–Kier alpha value is -3.55. The Balaban J connectivity index is 1.51. The number of benzene rings is 2. The molecule has 0 N–H and O–H groups in total. The molecule has 0 bridgehead atoms. The normalized spacial score (nSPS) is 11.0. The molecule has 2 aromatic carbocycles. The highest BCUT2D eigenvalue weighted by atomic mass is 16.6. The Bertz CT molecular complexity index is 1090. The largest absolute Gasteiger partial charge is 0.334 e. The molecule has 27 heavy (non-hydrogen) atoms. The summed E-state index contributed by atoms with van der Waals surface area (Å²) in [4.78, 5) is 14.1. The van der Waals surface area contributed by atoms with E-state index < -0.39 is 0 Å². The van der Waals surface area contributed by atoms with E-state index in [0.29, 0.717) is 24.5 Å². The lowest BCUT2D eigenvalue weighted by molar-refractivity contribution is 0.0776. The van der Waals surface area contributed by atoms with Crippen LogP contribution in [0.25, 0.3) is 10.8 Å². The van der Waals surface area contributed by atoms with Gasteiger partial charge in [0.05, 0.1) is 19.3 Å². The Morgan fingerprint density at radius 2 is 1.96 bits per heavy atom. The van der Waals surface area contributed by atoms with Crippen molar-refractivity contribution in [3.05, 3.63) is 71.3 Å². The average Bonchev–Trinajstić information content (AvgIpc) is 3.31. The summed E-state index contributed by atoms with van der Waals surface area (Å²) in [7, 11) is 1.68. The van der Waals surface area contributed by atoms with E-state index in [9.17, 15) is 4.79 Å². The first-order valence-electron chi connectivity index (χ1n) is 8.52. The maximum Gasteiger partial charge on any atom is 0.276 e. The Morgan fingerprint density at radius 3 is 2.78 bits per heavy atom. The van der Waals surface area contributed by atoms with Crippen molar-refractivity contribution in [2.75, 3.05) is 7.05 Å². The van der Waals surface area contributed by atoms with Gasteiger partial charge in [-0.25, -0.2) is 9.31 Å². The average molecular weight is 362 g/mol. The second-order valence-electron chi connectivity index (χ2n) is 6.40. The Morgan fingerprint density at radius 1 is 1.15 bits per heavy atom. The van der Waals surface area contributed by atoms with Crippen LogP contribution in [0.15, 0.2) is 53.3 Å². The third-order valence-electron chi connectivity index (χ3n) is 4.45. The fourth-order valence-corrected chi connectivity index (χ4v) is 2.96. The van der Waals surface area contributed by atoms with Crippen LogP contribution in [0.1, 0.15) is 27.4 Å². The molecular formula is C19H18N6O2. The molecule has 0 aliphatic rings. The number of fused-ring (bicyclic) bond motifs is 1. The molecule has 0 saturated carbocycles. The fraction of sp³-hybridized carbons (Fsp3) is 0.211. The predicted octanol–water partition coefficient (Wildman–Crippen LogP) is 2.44. The van der Waals surface area contributed by atoms with Crippen LogP contribution in [0, 0.1) is 6.92 Å². The summed E-state index contributed by atoms with van der Waals surface area (Å²) in [5, 5.41) is 18.0. The summed E-state index contributed by atoms with van der Waals surface area (Å²) in [5.74, 6) is -0.235. The summed E-state index contributed by atoms with van der Waals surface area (Å²) < 4.78 is 6.34. The van der Waals surface area contributed by atoms with Crippen molar-refractivity contribution in [1.82, 2.24) is 30.2 Å². The first kappa shape index (κ1) is 16.9. The second-order valence-corrected chi connectivity index (χ2v) is 6.40. The molecule has 0 atom stereocenters. The molecule has 0 fully saturated rings. The molecule has 1 amide bonds. The molecule has 136 valence electrons. The van der Waals surface area contributed by atoms with Crippen molar-refractivity contribution in [1.29, 1.82) is 0 Å². The van der Waals surface area contributed by atoms with E-state index >= 15 is 0 Å². The SMILES string of the molecule is Cc1nonc1CN(C)C(=O)c1cn(Cc2cccc3ccccc23)nn1. The Kier molecular flexibility index (Phi) is 4.37. The van der Waals surface area contributed by atoms with Gasteiger partial charge >= 0.3 is 0 Å². The number of amides is 1. The minimum Gasteiger partial charge on any atom is -0.334 e. The number of hydrogen-bond donors (Lipinski definition) is 0. The van der Waals surface area contributed by atoms with Crippen LogP contribution in [0.2, 0.25) is 0 Å². The summed E-state index contributed by atoms with van der Waals surface area (Å²) >= 11 is 0. The standard InChI is InChI=1S/C19H18N6O2/c1-13-17(22-27-21-13)11-24(2)19(26)18-12-25(23-20-18)10-15-8-5-7-14-6-3-4-9-16(14)15/h3-9,12H,10-11H2,1-2H3. The third-order valence-corrected chi connectivity index (χ3v) is 4.45. The van der Waals surface area contributed by atoms with Crippen molar-refractivity contribution in [3.63, 3.8) is 0 Å². The number of aryl methyl sites for hydroxylation is 1. The van der Waals surface area contributed by atoms with E-state index in [4.69, 9.17) is 0 Å². The van der Waals surface area contributed by atoms with Gasteiger partial charge in [-0.15, -0.1) is 5.10 Å². The van der Waals surface area contributed by atoms with E-state index in [1.165, 1.54) is 10.3 Å². The molecule has 2 heterocycles. The molecular weight excluding hydrogens is 344 g/mol. The molecule has 0 unspecified atom stereocenters. The van der Waals surface area contributed by atoms with Gasteiger partial charge in [-0.2, -0.15) is 0 Å². The summed E-state index contributed by atoms with van der Waals surface area (Å²) in [6.07, 6.45) is 1.66. The number of carbonyl (C=O) groups is 1. The zero-order chi connectivity index (χ0) is 18.8. The molecule has 0 aliphatic carbocycles. The molecule has 2 aromatic heterocycles. The van der Waals surface area contributed by atoms with Gasteiger partial charge in [0.2, 0.25) is 0 Å². The maximum atomic E-state index is 12.6. The zero-order valence-electron chi connectivity index (χ0n) is 15.0. The van der Waals surface area contributed by atoms with E-state index in [1.807, 2.05) is 18.2 Å². The number of nitrogens with zero attached hydrogens (tertiary/aromatic N) is 6. The predicted molar refractivity (Wildman–Crippen MR) is 97.9 cm³/mol. The minimum absolute atomic E-state index is 0.235. The second kappa shape index (κ2) is 6.99. The van der Waals surface area contributed by atoms with Crippen LogP contribution in [0.3, 0.4) is 0 Å². The van der Waals surface area contributed by atoms with Crippen molar-refractivity contribution in [3.8, 4) is 0 Å². The van der Waals surface area contributed by atoms with E-state index in [0.717, 1.165) is 10.9 Å². The highest BCUT2D eigenvalue weighted by Gasteiger charge is 2.18. The summed E-state index contributed by atoms with van der Waals surface area (Å²) in [6.45, 7) is 2.62. The smallest absolute Gasteiger partial charge is 0.276 e. The third kappa shape index (κ3) is 3.41. The number of aromatic nitrogens is 5. The van der Waals surface area contributed by atoms with Crippen molar-refractivity contribution in [2.45, 2.75) is 20.0 Å². The van der Waals surface area contributed by atoms with Gasteiger partial charge in [0.25, 0.3) is 5.91 Å². The molecule has 8 nitrogen and oxygen atoms in total. The Labute approximate surface area is 155 Å². The van der Waals surface area contributed by atoms with Gasteiger partial charge in [-0.1, -0.05) is 58.0 Å². The quantitative estimate of drug-likeness (QED) is 0.542. The van der Waals surface area contributed by atoms with Gasteiger partial charge in [-0.05, 0) is 23.3 Å². The molecule has 0 saturated heterocycles. The maximum absolute atomic E-state index is 12.6. The summed E-state index contributed by atoms with van der Waals surface area (Å²) in [5.41, 5.74) is 2.68. The van der Waals surface area contributed by atoms with Crippen molar-refractivity contribution in [2.24, 2.45) is 0 Å². The van der Waals surface area contributed by atoms with E-state index in [2.05, 4.69) is 49.5 Å². The molecule has 0 aliphatic heterocycles. The number of carbonyl (C=O) groups excluding carboxylic acids is 1. The monoisotopic (exact) mass is 362 g/mol. The van der Waals surface area contributed by atoms with Crippen molar-refractivity contribution >= 4 is 16.7 Å². The highest BCUT2D eigenvalue weighted by Crippen LogP contribution is 2.19. The van der Waals surface area contributed by atoms with Crippen LogP contribution in [-0.4, -0.2) is 43.2 Å². The van der Waals surface area contributed by atoms with Crippen LogP contribution in [-0.2, 0) is 13.1 Å². The lowest BCUT2D eigenvalue weighted by atomic mass is 10.0. The molecule has 0 spiro atoms. The highest BCUT2D eigenvalue weighted by molar-refractivity contribution is 5.91. The lowest BCUT2D eigenvalue weighted by Crippen LogP contribution is -2.27. The molecule has 4 aromatic rings. The van der Waals surface area contributed by atoms with Gasteiger partial charge in [0, 0.05) is 7.05 Å². The topological polar surface area (TPSA) is 89.9 Å². The van der Waals surface area contributed by atoms with Gasteiger partial charge in [-0.3, -0.25) is 4.79 Å². The first-order chi connectivity index (χ1) is 13.1. The van der Waals surface area contributed by atoms with E-state index in [-0.39, 0.29) is 11.6 Å². The first-order valence-corrected chi connectivity index (χ1v) is 8.52. The molecule has 8 heteroatoms. The van der Waals surface area contributed by atoms with Crippen molar-refractivity contribution < 1.29 is 9.42 Å². The molecule has 4 rings (SSSR count).